The van der Waals surface area contributed by atoms with Crippen LogP contribution in [0.25, 0.3) is 0 Å². The zero-order valence-corrected chi connectivity index (χ0v) is 12.5. The van der Waals surface area contributed by atoms with E-state index in [-0.39, 0.29) is 16.8 Å². The molecule has 0 aromatic carbocycles. The van der Waals surface area contributed by atoms with Crippen LogP contribution >= 0.6 is 23.2 Å². The monoisotopic (exact) mass is 312 g/mol. The minimum Gasteiger partial charge on any atom is -0.393 e. The predicted octanol–water partition coefficient (Wildman–Crippen LogP) is 2.57. The summed E-state index contributed by atoms with van der Waals surface area (Å²) >= 11 is 12.0. The standard InChI is InChI=1S/C12H14Cl2N6/c1-5-3-17-7(6(2)8(5)13)4-18-11-9(15)10(14)19-12(16)20-11/h3H,4,15H2,1-2H3,(H3,16,18,19,20). The first-order valence-corrected chi connectivity index (χ1v) is 6.58. The van der Waals surface area contributed by atoms with Crippen molar-refractivity contribution < 1.29 is 0 Å². The number of aryl methyl sites for hydroxylation is 1. The van der Waals surface area contributed by atoms with Crippen molar-refractivity contribution in [2.24, 2.45) is 0 Å². The molecule has 2 aromatic heterocycles. The molecule has 2 rings (SSSR count). The highest BCUT2D eigenvalue weighted by molar-refractivity contribution is 6.32. The predicted molar refractivity (Wildman–Crippen MR) is 81.9 cm³/mol. The Balaban J connectivity index is 2.24. The van der Waals surface area contributed by atoms with E-state index < -0.39 is 0 Å². The van der Waals surface area contributed by atoms with E-state index in [1.165, 1.54) is 0 Å². The van der Waals surface area contributed by atoms with Gasteiger partial charge in [-0.25, -0.2) is 0 Å². The second-order valence-corrected chi connectivity index (χ2v) is 5.05. The summed E-state index contributed by atoms with van der Waals surface area (Å²) in [7, 11) is 0. The maximum atomic E-state index is 6.19. The van der Waals surface area contributed by atoms with Gasteiger partial charge in [0, 0.05) is 11.2 Å². The van der Waals surface area contributed by atoms with Gasteiger partial charge in [0.05, 0.1) is 12.2 Å². The number of rotatable bonds is 3. The molecule has 0 saturated carbocycles. The molecule has 0 atom stereocenters. The largest absolute Gasteiger partial charge is 0.393 e. The van der Waals surface area contributed by atoms with Crippen molar-refractivity contribution in [3.05, 3.63) is 33.2 Å². The van der Waals surface area contributed by atoms with E-state index in [2.05, 4.69) is 20.3 Å². The summed E-state index contributed by atoms with van der Waals surface area (Å²) in [6, 6.07) is 0. The van der Waals surface area contributed by atoms with Crippen molar-refractivity contribution in [3.63, 3.8) is 0 Å². The van der Waals surface area contributed by atoms with Gasteiger partial charge in [-0.15, -0.1) is 0 Å². The number of nitrogen functional groups attached to an aromatic ring is 2. The Morgan fingerprint density at radius 1 is 1.20 bits per heavy atom. The van der Waals surface area contributed by atoms with Gasteiger partial charge in [-0.2, -0.15) is 9.97 Å². The molecule has 0 fully saturated rings. The molecule has 5 N–H and O–H groups in total. The zero-order chi connectivity index (χ0) is 14.9. The maximum absolute atomic E-state index is 6.19. The number of hydrogen-bond acceptors (Lipinski definition) is 6. The first-order chi connectivity index (χ1) is 9.40. The Bertz CT molecular complexity index is 659. The fourth-order valence-corrected chi connectivity index (χ4v) is 2.02. The molecular formula is C12H14Cl2N6. The van der Waals surface area contributed by atoms with Crippen molar-refractivity contribution in [1.29, 1.82) is 0 Å². The van der Waals surface area contributed by atoms with Gasteiger partial charge in [-0.1, -0.05) is 23.2 Å². The summed E-state index contributed by atoms with van der Waals surface area (Å²) in [5.41, 5.74) is 14.2. The van der Waals surface area contributed by atoms with Gasteiger partial charge >= 0.3 is 0 Å². The van der Waals surface area contributed by atoms with E-state index in [9.17, 15) is 0 Å². The van der Waals surface area contributed by atoms with E-state index in [1.54, 1.807) is 6.20 Å². The highest BCUT2D eigenvalue weighted by Gasteiger charge is 2.11. The summed E-state index contributed by atoms with van der Waals surface area (Å²) in [5.74, 6) is 0.429. The van der Waals surface area contributed by atoms with Crippen LogP contribution in [-0.2, 0) is 6.54 Å². The SMILES string of the molecule is Cc1cnc(CNc2nc(N)nc(Cl)c2N)c(C)c1Cl. The Morgan fingerprint density at radius 2 is 1.90 bits per heavy atom. The Hall–Kier alpha value is -1.79. The van der Waals surface area contributed by atoms with Gasteiger partial charge in [0.2, 0.25) is 5.95 Å². The molecule has 106 valence electrons. The van der Waals surface area contributed by atoms with Crippen LogP contribution in [0.1, 0.15) is 16.8 Å². The molecule has 0 bridgehead atoms. The summed E-state index contributed by atoms with van der Waals surface area (Å²) in [4.78, 5) is 12.1. The van der Waals surface area contributed by atoms with Crippen molar-refractivity contribution in [1.82, 2.24) is 15.0 Å². The van der Waals surface area contributed by atoms with Gasteiger partial charge in [0.1, 0.15) is 5.69 Å². The molecular weight excluding hydrogens is 299 g/mol. The number of halogens is 2. The van der Waals surface area contributed by atoms with Gasteiger partial charge in [0.15, 0.2) is 11.0 Å². The lowest BCUT2D eigenvalue weighted by Crippen LogP contribution is -2.10. The number of nitrogens with two attached hydrogens (primary N) is 2. The third kappa shape index (κ3) is 2.86. The number of aromatic nitrogens is 3. The third-order valence-corrected chi connectivity index (χ3v) is 3.73. The van der Waals surface area contributed by atoms with Crippen LogP contribution < -0.4 is 16.8 Å². The molecule has 0 unspecified atom stereocenters. The van der Waals surface area contributed by atoms with Crippen LogP contribution in [0.3, 0.4) is 0 Å². The second-order valence-electron chi connectivity index (χ2n) is 4.32. The van der Waals surface area contributed by atoms with Crippen molar-refractivity contribution in [3.8, 4) is 0 Å². The second kappa shape index (κ2) is 5.68. The molecule has 6 nitrogen and oxygen atoms in total. The highest BCUT2D eigenvalue weighted by Crippen LogP contribution is 2.26. The van der Waals surface area contributed by atoms with Crippen LogP contribution in [0.15, 0.2) is 6.20 Å². The van der Waals surface area contributed by atoms with Gasteiger partial charge < -0.3 is 16.8 Å². The van der Waals surface area contributed by atoms with Crippen molar-refractivity contribution in [2.45, 2.75) is 20.4 Å². The van der Waals surface area contributed by atoms with Gasteiger partial charge in [-0.05, 0) is 25.0 Å². The van der Waals surface area contributed by atoms with Crippen LogP contribution in [0.4, 0.5) is 17.5 Å². The summed E-state index contributed by atoms with van der Waals surface area (Å²) in [6.45, 7) is 4.22. The smallest absolute Gasteiger partial charge is 0.223 e. The van der Waals surface area contributed by atoms with Crippen LogP contribution in [0.5, 0.6) is 0 Å². The molecule has 8 heteroatoms. The quantitative estimate of drug-likeness (QED) is 0.753. The van der Waals surface area contributed by atoms with Crippen LogP contribution in [0, 0.1) is 13.8 Å². The fraction of sp³-hybridized carbons (Fsp3) is 0.250. The summed E-state index contributed by atoms with van der Waals surface area (Å²) in [6.07, 6.45) is 1.72. The number of hydrogen-bond donors (Lipinski definition) is 3. The molecule has 0 amide bonds. The van der Waals surface area contributed by atoms with Crippen LogP contribution in [-0.4, -0.2) is 15.0 Å². The lowest BCUT2D eigenvalue weighted by atomic mass is 10.1. The highest BCUT2D eigenvalue weighted by atomic mass is 35.5. The van der Waals surface area contributed by atoms with Crippen LogP contribution in [0.2, 0.25) is 10.2 Å². The van der Waals surface area contributed by atoms with E-state index in [1.807, 2.05) is 13.8 Å². The molecule has 0 spiro atoms. The minimum absolute atomic E-state index is 0.0540. The third-order valence-electron chi connectivity index (χ3n) is 2.86. The average molecular weight is 313 g/mol. The Morgan fingerprint density at radius 3 is 2.60 bits per heavy atom. The summed E-state index contributed by atoms with van der Waals surface area (Å²) < 4.78 is 0. The number of pyridine rings is 1. The van der Waals surface area contributed by atoms with E-state index in [0.29, 0.717) is 17.4 Å². The van der Waals surface area contributed by atoms with Crippen molar-refractivity contribution >= 4 is 40.7 Å². The first kappa shape index (κ1) is 14.6. The molecule has 20 heavy (non-hydrogen) atoms. The topological polar surface area (TPSA) is 103 Å². The minimum atomic E-state index is 0.0540. The number of anilines is 3. The van der Waals surface area contributed by atoms with E-state index in [4.69, 9.17) is 34.7 Å². The van der Waals surface area contributed by atoms with Crippen molar-refractivity contribution in [2.75, 3.05) is 16.8 Å². The molecule has 2 aromatic rings. The Kier molecular flexibility index (Phi) is 4.15. The molecule has 0 aliphatic heterocycles. The first-order valence-electron chi connectivity index (χ1n) is 5.83. The Labute approximate surface area is 126 Å². The molecule has 2 heterocycles. The number of nitrogens with zero attached hydrogens (tertiary/aromatic N) is 3. The molecule has 0 radical (unpaired) electrons. The molecule has 0 aliphatic rings. The van der Waals surface area contributed by atoms with Gasteiger partial charge in [0.25, 0.3) is 0 Å². The van der Waals surface area contributed by atoms with E-state index in [0.717, 1.165) is 16.8 Å². The number of nitrogens with one attached hydrogen (secondary N) is 1. The van der Waals surface area contributed by atoms with Gasteiger partial charge in [-0.3, -0.25) is 4.98 Å². The maximum Gasteiger partial charge on any atom is 0.223 e. The average Bonchev–Trinajstić information content (AvgIpc) is 2.40. The molecule has 0 saturated heterocycles. The zero-order valence-electron chi connectivity index (χ0n) is 11.0. The van der Waals surface area contributed by atoms with E-state index >= 15 is 0 Å². The molecule has 0 aliphatic carbocycles. The lowest BCUT2D eigenvalue weighted by Gasteiger charge is -2.12. The summed E-state index contributed by atoms with van der Waals surface area (Å²) in [5, 5.41) is 3.85. The normalized spacial score (nSPS) is 10.6. The lowest BCUT2D eigenvalue weighted by molar-refractivity contribution is 0.995. The fourth-order valence-electron chi connectivity index (χ4n) is 1.69.